The maximum Gasteiger partial charge on any atom is -0.0385 e. The Kier molecular flexibility index (Phi) is 21.7. The molecular weight excluding hydrogens is 240 g/mol. The maximum absolute atomic E-state index is 2.24. The van der Waals surface area contributed by atoms with Gasteiger partial charge in [0.15, 0.2) is 0 Å². The molecule has 0 heterocycles. The molecule has 0 saturated carbocycles. The van der Waals surface area contributed by atoms with Gasteiger partial charge in [0.1, 0.15) is 0 Å². The van der Waals surface area contributed by atoms with E-state index in [0.717, 1.165) is 11.8 Å². The van der Waals surface area contributed by atoms with Crippen molar-refractivity contribution >= 4 is 0 Å². The van der Waals surface area contributed by atoms with Crippen molar-refractivity contribution in [3.63, 3.8) is 0 Å². The van der Waals surface area contributed by atoms with E-state index in [1.54, 1.807) is 0 Å². The van der Waals surface area contributed by atoms with Gasteiger partial charge in [-0.2, -0.15) is 0 Å². The fraction of sp³-hybridized carbons (Fsp3) is 1.00. The summed E-state index contributed by atoms with van der Waals surface area (Å²) >= 11 is 0. The third-order valence-corrected chi connectivity index (χ3v) is 2.12. The standard InChI is InChI=1S/2C6H14.2C4H10/c2*1-5-6(2,3)4;2*1-4(2)3/h2*5H2,1-4H3;2*4H,1-3H3. The first-order chi connectivity index (χ1) is 8.59. The summed E-state index contributed by atoms with van der Waals surface area (Å²) in [5, 5.41) is 0. The van der Waals surface area contributed by atoms with Crippen LogP contribution in [-0.4, -0.2) is 0 Å². The predicted molar refractivity (Wildman–Crippen MR) is 101 cm³/mol. The molecule has 0 rings (SSSR count). The average Bonchev–Trinajstić information content (AvgIpc) is 2.14. The zero-order valence-electron chi connectivity index (χ0n) is 17.6. The van der Waals surface area contributed by atoms with E-state index >= 15 is 0 Å². The van der Waals surface area contributed by atoms with Crippen molar-refractivity contribution in [3.8, 4) is 0 Å². The van der Waals surface area contributed by atoms with Crippen molar-refractivity contribution in [2.24, 2.45) is 22.7 Å². The minimum atomic E-state index is 0.542. The van der Waals surface area contributed by atoms with Gasteiger partial charge in [0.25, 0.3) is 0 Å². The smallest absolute Gasteiger partial charge is 0.0385 e. The van der Waals surface area contributed by atoms with Crippen LogP contribution in [0.1, 0.15) is 110 Å². The Labute approximate surface area is 133 Å². The molecule has 0 aliphatic rings. The van der Waals surface area contributed by atoms with Crippen molar-refractivity contribution < 1.29 is 0 Å². The van der Waals surface area contributed by atoms with E-state index in [9.17, 15) is 0 Å². The molecule has 0 heteroatoms. The second-order valence-corrected chi connectivity index (χ2v) is 9.29. The Bertz CT molecular complexity index is 124. The molecule has 0 aliphatic heterocycles. The topological polar surface area (TPSA) is 0 Å². The van der Waals surface area contributed by atoms with Crippen LogP contribution < -0.4 is 0 Å². The van der Waals surface area contributed by atoms with E-state index in [1.807, 2.05) is 0 Å². The summed E-state index contributed by atoms with van der Waals surface area (Å²) in [4.78, 5) is 0. The number of rotatable bonds is 0. The van der Waals surface area contributed by atoms with Crippen molar-refractivity contribution in [3.05, 3.63) is 0 Å². The molecule has 0 spiro atoms. The van der Waals surface area contributed by atoms with Gasteiger partial charge < -0.3 is 0 Å². The van der Waals surface area contributed by atoms with Crippen molar-refractivity contribution in [1.29, 1.82) is 0 Å². The van der Waals surface area contributed by atoms with Crippen molar-refractivity contribution in [2.45, 2.75) is 110 Å². The van der Waals surface area contributed by atoms with Crippen LogP contribution in [0.25, 0.3) is 0 Å². The van der Waals surface area contributed by atoms with Gasteiger partial charge in [-0.1, -0.05) is 110 Å². The first kappa shape index (κ1) is 28.2. The molecule has 20 heavy (non-hydrogen) atoms. The van der Waals surface area contributed by atoms with E-state index in [4.69, 9.17) is 0 Å². The van der Waals surface area contributed by atoms with Gasteiger partial charge >= 0.3 is 0 Å². The largest absolute Gasteiger partial charge is 0.0649 e. The lowest BCUT2D eigenvalue weighted by Gasteiger charge is -2.12. The molecule has 0 radical (unpaired) electrons. The Morgan fingerprint density at radius 1 is 0.500 bits per heavy atom. The maximum atomic E-state index is 2.24. The van der Waals surface area contributed by atoms with Crippen LogP contribution in [0.2, 0.25) is 0 Å². The zero-order valence-corrected chi connectivity index (χ0v) is 17.6. The van der Waals surface area contributed by atoms with Crippen LogP contribution in [0.3, 0.4) is 0 Å². The van der Waals surface area contributed by atoms with E-state index in [0.29, 0.717) is 10.8 Å². The highest BCUT2D eigenvalue weighted by Gasteiger charge is 2.03. The van der Waals surface area contributed by atoms with Gasteiger partial charge in [-0.3, -0.25) is 0 Å². The van der Waals surface area contributed by atoms with Gasteiger partial charge in [0.2, 0.25) is 0 Å². The van der Waals surface area contributed by atoms with E-state index in [1.165, 1.54) is 12.8 Å². The summed E-state index contributed by atoms with van der Waals surface area (Å²) in [5.74, 6) is 1.67. The predicted octanol–water partition coefficient (Wildman–Crippen LogP) is 8.21. The van der Waals surface area contributed by atoms with Crippen molar-refractivity contribution in [1.82, 2.24) is 0 Å². The normalized spacial score (nSPS) is 10.8. The Morgan fingerprint density at radius 3 is 0.550 bits per heavy atom. The van der Waals surface area contributed by atoms with Crippen LogP contribution in [0, 0.1) is 22.7 Å². The minimum Gasteiger partial charge on any atom is -0.0649 e. The third kappa shape index (κ3) is 144. The number of hydrogen-bond acceptors (Lipinski definition) is 0. The fourth-order valence-electron chi connectivity index (χ4n) is 0. The average molecular weight is 289 g/mol. The lowest BCUT2D eigenvalue weighted by atomic mass is 9.94. The lowest BCUT2D eigenvalue weighted by molar-refractivity contribution is 0.397. The second-order valence-electron chi connectivity index (χ2n) is 9.29. The molecule has 0 saturated heterocycles. The molecule has 0 N–H and O–H groups in total. The molecular formula is C20H48. The molecule has 0 aromatic heterocycles. The first-order valence-corrected chi connectivity index (χ1v) is 8.59. The zero-order chi connectivity index (χ0) is 17.6. The summed E-state index contributed by atoms with van der Waals surface area (Å²) in [5.41, 5.74) is 1.08. The summed E-state index contributed by atoms with van der Waals surface area (Å²) in [6, 6.07) is 0. The lowest BCUT2D eigenvalue weighted by Crippen LogP contribution is -2.00. The van der Waals surface area contributed by atoms with Gasteiger partial charge in [0.05, 0.1) is 0 Å². The molecule has 128 valence electrons. The van der Waals surface area contributed by atoms with Crippen LogP contribution >= 0.6 is 0 Å². The van der Waals surface area contributed by atoms with Gasteiger partial charge in [-0.05, 0) is 22.7 Å². The molecule has 0 unspecified atom stereocenters. The highest BCUT2D eigenvalue weighted by Crippen LogP contribution is 2.16. The molecule has 0 aromatic carbocycles. The summed E-state index contributed by atoms with van der Waals surface area (Å²) in [6.07, 6.45) is 2.54. The Morgan fingerprint density at radius 2 is 0.550 bits per heavy atom. The van der Waals surface area contributed by atoms with Gasteiger partial charge in [-0.25, -0.2) is 0 Å². The molecule has 0 amide bonds. The highest BCUT2D eigenvalue weighted by atomic mass is 14.1. The van der Waals surface area contributed by atoms with Crippen LogP contribution in [0.4, 0.5) is 0 Å². The highest BCUT2D eigenvalue weighted by molar-refractivity contribution is 4.55. The van der Waals surface area contributed by atoms with E-state index in [-0.39, 0.29) is 0 Å². The second kappa shape index (κ2) is 15.4. The minimum absolute atomic E-state index is 0.542. The van der Waals surface area contributed by atoms with Gasteiger partial charge in [-0.15, -0.1) is 0 Å². The molecule has 0 atom stereocenters. The van der Waals surface area contributed by atoms with Gasteiger partial charge in [0, 0.05) is 0 Å². The van der Waals surface area contributed by atoms with Crippen LogP contribution in [-0.2, 0) is 0 Å². The van der Waals surface area contributed by atoms with Crippen LogP contribution in [0.15, 0.2) is 0 Å². The fourth-order valence-corrected chi connectivity index (χ4v) is 0. The third-order valence-electron chi connectivity index (χ3n) is 2.12. The van der Waals surface area contributed by atoms with E-state index < -0.39 is 0 Å². The summed E-state index contributed by atoms with van der Waals surface area (Å²) < 4.78 is 0. The quantitative estimate of drug-likeness (QED) is 0.421. The van der Waals surface area contributed by atoms with Crippen molar-refractivity contribution in [2.75, 3.05) is 0 Å². The summed E-state index contributed by atoms with van der Waals surface area (Å²) in [6.45, 7) is 30.9. The van der Waals surface area contributed by atoms with E-state index in [2.05, 4.69) is 96.9 Å². The summed E-state index contributed by atoms with van der Waals surface area (Å²) in [7, 11) is 0. The molecule has 0 aliphatic carbocycles. The monoisotopic (exact) mass is 288 g/mol. The first-order valence-electron chi connectivity index (χ1n) is 8.59. The Hall–Kier alpha value is 0. The Balaban J connectivity index is -0.0000000871. The molecule has 0 bridgehead atoms. The molecule has 0 fully saturated rings. The SMILES string of the molecule is CC(C)C.CC(C)C.CCC(C)(C)C.CCC(C)(C)C. The molecule has 0 aromatic rings. The number of hydrogen-bond donors (Lipinski definition) is 0. The van der Waals surface area contributed by atoms with Crippen LogP contribution in [0.5, 0.6) is 0 Å². The molecule has 0 nitrogen and oxygen atoms in total.